The molecule has 0 aromatic carbocycles. The summed E-state index contributed by atoms with van der Waals surface area (Å²) < 4.78 is 6.01. The van der Waals surface area contributed by atoms with Crippen LogP contribution in [-0.2, 0) is 4.52 Å². The average molecular weight is 176 g/mol. The van der Waals surface area contributed by atoms with Gasteiger partial charge in [0.05, 0.1) is 14.6 Å². The Bertz CT molecular complexity index is 115. The molecule has 10 heavy (non-hydrogen) atoms. The Morgan fingerprint density at radius 1 is 1.20 bits per heavy atom. The normalized spacial score (nSPS) is 33.6. The van der Waals surface area contributed by atoms with E-state index in [1.807, 2.05) is 0 Å². The van der Waals surface area contributed by atoms with Gasteiger partial charge in [0.15, 0.2) is 0 Å². The van der Waals surface area contributed by atoms with Gasteiger partial charge >= 0.3 is 0 Å². The van der Waals surface area contributed by atoms with Crippen molar-refractivity contribution in [3.63, 3.8) is 0 Å². The lowest BCUT2D eigenvalue weighted by Gasteiger charge is -2.29. The molecule has 1 nitrogen and oxygen atoms in total. The lowest BCUT2D eigenvalue weighted by molar-refractivity contribution is 0.272. The van der Waals surface area contributed by atoms with Gasteiger partial charge in [-0.15, -0.1) is 0 Å². The molecule has 1 spiro atoms. The standard InChI is InChI=1S/C7H13OPS/c1-2-4-7(5-3-1)6-8-9-10-7/h9H,1-6H2. The zero-order valence-electron chi connectivity index (χ0n) is 6.06. The van der Waals surface area contributed by atoms with Crippen molar-refractivity contribution in [2.75, 3.05) is 6.61 Å². The van der Waals surface area contributed by atoms with Crippen LogP contribution in [0.3, 0.4) is 0 Å². The van der Waals surface area contributed by atoms with Crippen molar-refractivity contribution in [3.05, 3.63) is 0 Å². The molecule has 1 heterocycles. The summed E-state index contributed by atoms with van der Waals surface area (Å²) in [6.07, 6.45) is 7.13. The van der Waals surface area contributed by atoms with E-state index in [0.717, 1.165) is 14.6 Å². The first-order chi connectivity index (χ1) is 4.91. The van der Waals surface area contributed by atoms with Gasteiger partial charge in [0.25, 0.3) is 0 Å². The van der Waals surface area contributed by atoms with Gasteiger partial charge in [0.1, 0.15) is 0 Å². The highest BCUT2D eigenvalue weighted by molar-refractivity contribution is 8.49. The van der Waals surface area contributed by atoms with E-state index in [-0.39, 0.29) is 0 Å². The number of hydrogen-bond donors (Lipinski definition) is 0. The molecule has 2 aliphatic rings. The zero-order chi connectivity index (χ0) is 6.86. The van der Waals surface area contributed by atoms with E-state index < -0.39 is 0 Å². The molecule has 1 unspecified atom stereocenters. The summed E-state index contributed by atoms with van der Waals surface area (Å²) in [4.78, 5) is 0. The number of hydrogen-bond acceptors (Lipinski definition) is 2. The van der Waals surface area contributed by atoms with Crippen molar-refractivity contribution >= 4 is 19.4 Å². The van der Waals surface area contributed by atoms with E-state index in [4.69, 9.17) is 4.52 Å². The van der Waals surface area contributed by atoms with Crippen LogP contribution in [0.1, 0.15) is 32.1 Å². The summed E-state index contributed by atoms with van der Waals surface area (Å²) in [7, 11) is 0.727. The number of rotatable bonds is 0. The molecule has 0 bridgehead atoms. The van der Waals surface area contributed by atoms with Gasteiger partial charge in [0, 0.05) is 4.75 Å². The van der Waals surface area contributed by atoms with Gasteiger partial charge in [0.2, 0.25) is 0 Å². The third-order valence-corrected chi connectivity index (χ3v) is 5.62. The van der Waals surface area contributed by atoms with Crippen molar-refractivity contribution < 1.29 is 4.52 Å². The van der Waals surface area contributed by atoms with Crippen molar-refractivity contribution in [1.82, 2.24) is 0 Å². The van der Waals surface area contributed by atoms with Crippen LogP contribution in [0.5, 0.6) is 0 Å². The highest BCUT2D eigenvalue weighted by atomic mass is 32.7. The quantitative estimate of drug-likeness (QED) is 0.525. The second-order valence-electron chi connectivity index (χ2n) is 3.22. The minimum Gasteiger partial charge on any atom is -0.350 e. The average Bonchev–Trinajstić information content (AvgIpc) is 2.39. The lowest BCUT2D eigenvalue weighted by Crippen LogP contribution is -2.28. The SMILES string of the molecule is C1CCC2(CC1)COPS2. The molecule has 1 saturated heterocycles. The summed E-state index contributed by atoms with van der Waals surface area (Å²) in [5.41, 5.74) is 0. The summed E-state index contributed by atoms with van der Waals surface area (Å²) in [6.45, 7) is 1.04. The molecule has 0 aromatic heterocycles. The van der Waals surface area contributed by atoms with E-state index >= 15 is 0 Å². The maximum atomic E-state index is 5.43. The first kappa shape index (κ1) is 7.39. The van der Waals surface area contributed by atoms with E-state index in [1.54, 1.807) is 0 Å². The van der Waals surface area contributed by atoms with Gasteiger partial charge in [-0.2, -0.15) is 0 Å². The fourth-order valence-corrected chi connectivity index (χ4v) is 4.71. The molecular formula is C7H13OPS. The van der Waals surface area contributed by atoms with Crippen LogP contribution in [0, 0.1) is 0 Å². The van der Waals surface area contributed by atoms with E-state index in [9.17, 15) is 0 Å². The van der Waals surface area contributed by atoms with Gasteiger partial charge in [-0.1, -0.05) is 30.6 Å². The topological polar surface area (TPSA) is 9.23 Å². The Kier molecular flexibility index (Phi) is 2.22. The predicted molar refractivity (Wildman–Crippen MR) is 47.7 cm³/mol. The summed E-state index contributed by atoms with van der Waals surface area (Å²) in [5, 5.41) is 0. The van der Waals surface area contributed by atoms with Crippen LogP contribution in [0.25, 0.3) is 0 Å². The molecule has 0 radical (unpaired) electrons. The van der Waals surface area contributed by atoms with Crippen LogP contribution in [0.15, 0.2) is 0 Å². The molecule has 58 valence electrons. The van der Waals surface area contributed by atoms with Crippen LogP contribution in [0.2, 0.25) is 0 Å². The van der Waals surface area contributed by atoms with Gasteiger partial charge in [-0.05, 0) is 12.8 Å². The smallest absolute Gasteiger partial charge is 0.0751 e. The van der Waals surface area contributed by atoms with Crippen molar-refractivity contribution in [3.8, 4) is 0 Å². The van der Waals surface area contributed by atoms with E-state index in [2.05, 4.69) is 11.4 Å². The fourth-order valence-electron chi connectivity index (χ4n) is 1.75. The van der Waals surface area contributed by atoms with Crippen LogP contribution < -0.4 is 0 Å². The highest BCUT2D eigenvalue weighted by Crippen LogP contribution is 2.55. The largest absolute Gasteiger partial charge is 0.350 e. The van der Waals surface area contributed by atoms with Crippen molar-refractivity contribution in [2.45, 2.75) is 36.9 Å². The Morgan fingerprint density at radius 2 is 2.00 bits per heavy atom. The molecule has 1 aliphatic carbocycles. The van der Waals surface area contributed by atoms with Crippen molar-refractivity contribution in [1.29, 1.82) is 0 Å². The zero-order valence-corrected chi connectivity index (χ0v) is 7.88. The monoisotopic (exact) mass is 176 g/mol. The Labute approximate surface area is 67.9 Å². The minimum absolute atomic E-state index is 0.580. The third kappa shape index (κ3) is 1.34. The Morgan fingerprint density at radius 3 is 2.60 bits per heavy atom. The van der Waals surface area contributed by atoms with Crippen LogP contribution >= 0.6 is 19.4 Å². The molecule has 1 saturated carbocycles. The highest BCUT2D eigenvalue weighted by Gasteiger charge is 2.36. The fraction of sp³-hybridized carbons (Fsp3) is 1.00. The summed E-state index contributed by atoms with van der Waals surface area (Å²) in [6, 6.07) is 0. The molecule has 0 N–H and O–H groups in total. The Hall–Kier alpha value is 0.740. The van der Waals surface area contributed by atoms with Gasteiger partial charge < -0.3 is 4.52 Å². The van der Waals surface area contributed by atoms with Gasteiger partial charge in [-0.25, -0.2) is 0 Å². The van der Waals surface area contributed by atoms with Crippen molar-refractivity contribution in [2.24, 2.45) is 0 Å². The maximum Gasteiger partial charge on any atom is 0.0751 e. The summed E-state index contributed by atoms with van der Waals surface area (Å²) in [5.74, 6) is 0. The predicted octanol–water partition coefficient (Wildman–Crippen LogP) is 2.96. The second kappa shape index (κ2) is 3.00. The first-order valence-electron chi connectivity index (χ1n) is 3.96. The molecule has 1 aliphatic heterocycles. The first-order valence-corrected chi connectivity index (χ1v) is 6.41. The van der Waals surface area contributed by atoms with E-state index in [0.29, 0.717) is 4.75 Å². The molecule has 2 fully saturated rings. The lowest BCUT2D eigenvalue weighted by atomic mass is 9.89. The van der Waals surface area contributed by atoms with Crippen LogP contribution in [0.4, 0.5) is 0 Å². The summed E-state index contributed by atoms with van der Waals surface area (Å²) >= 11 is 2.07. The molecule has 0 amide bonds. The molecular weight excluding hydrogens is 163 g/mol. The van der Waals surface area contributed by atoms with Crippen LogP contribution in [-0.4, -0.2) is 11.4 Å². The second-order valence-corrected chi connectivity index (χ2v) is 5.86. The van der Waals surface area contributed by atoms with Gasteiger partial charge in [-0.3, -0.25) is 0 Å². The third-order valence-electron chi connectivity index (χ3n) is 2.42. The minimum atomic E-state index is 0.580. The maximum absolute atomic E-state index is 5.43. The molecule has 2 rings (SSSR count). The molecule has 3 heteroatoms. The molecule has 1 atom stereocenters. The van der Waals surface area contributed by atoms with E-state index in [1.165, 1.54) is 32.1 Å². The molecule has 0 aromatic rings. The Balaban J connectivity index is 1.98.